The molecule has 0 spiro atoms. The molecule has 0 radical (unpaired) electrons. The van der Waals surface area contributed by atoms with Crippen LogP contribution in [0.15, 0.2) is 23.1 Å². The first kappa shape index (κ1) is 14.2. The summed E-state index contributed by atoms with van der Waals surface area (Å²) in [6, 6.07) is 3.43. The highest BCUT2D eigenvalue weighted by Crippen LogP contribution is 2.21. The molecule has 1 aliphatic rings. The van der Waals surface area contributed by atoms with Gasteiger partial charge in [0.05, 0.1) is 18.0 Å². The molecule has 1 aliphatic heterocycles. The van der Waals surface area contributed by atoms with Crippen LogP contribution in [0.4, 0.5) is 8.78 Å². The van der Waals surface area contributed by atoms with Gasteiger partial charge in [0.25, 0.3) is 0 Å². The van der Waals surface area contributed by atoms with Gasteiger partial charge < -0.3 is 15.1 Å². The Morgan fingerprint density at radius 2 is 1.89 bits per heavy atom. The number of halogens is 2. The molecule has 0 aromatic heterocycles. The lowest BCUT2D eigenvalue weighted by molar-refractivity contribution is -0.127. The lowest BCUT2D eigenvalue weighted by Crippen LogP contribution is -2.31. The van der Waals surface area contributed by atoms with E-state index in [1.165, 1.54) is 11.0 Å². The van der Waals surface area contributed by atoms with Crippen LogP contribution in [0.5, 0.6) is 0 Å². The summed E-state index contributed by atoms with van der Waals surface area (Å²) >= 11 is 1.08. The van der Waals surface area contributed by atoms with Crippen molar-refractivity contribution in [2.24, 2.45) is 0 Å². The minimum atomic E-state index is -0.954. The summed E-state index contributed by atoms with van der Waals surface area (Å²) in [6.45, 7) is 0.191. The summed E-state index contributed by atoms with van der Waals surface area (Å²) in [6.07, 6.45) is -1.84. The second kappa shape index (κ2) is 5.85. The zero-order valence-electron chi connectivity index (χ0n) is 9.92. The Balaban J connectivity index is 1.88. The Kier molecular flexibility index (Phi) is 4.38. The van der Waals surface area contributed by atoms with Crippen molar-refractivity contribution in [3.05, 3.63) is 29.8 Å². The highest BCUT2D eigenvalue weighted by Gasteiger charge is 2.32. The topological polar surface area (TPSA) is 60.8 Å². The van der Waals surface area contributed by atoms with Crippen LogP contribution in [0, 0.1) is 11.6 Å². The molecular formula is C12H13F2NO3S. The molecule has 104 valence electrons. The highest BCUT2D eigenvalue weighted by atomic mass is 32.2. The fraction of sp³-hybridized carbons (Fsp3) is 0.417. The number of hydrogen-bond donors (Lipinski definition) is 2. The fourth-order valence-electron chi connectivity index (χ4n) is 1.78. The van der Waals surface area contributed by atoms with Crippen LogP contribution in [0.25, 0.3) is 0 Å². The first-order chi connectivity index (χ1) is 8.97. The molecule has 2 rings (SSSR count). The smallest absolute Gasteiger partial charge is 0.233 e. The predicted octanol–water partition coefficient (Wildman–Crippen LogP) is 0.621. The minimum Gasteiger partial charge on any atom is -0.388 e. The largest absolute Gasteiger partial charge is 0.388 e. The number of β-amino-alcohol motifs (C(OH)–C–C–N with tert-alkyl or cyclic N) is 2. The van der Waals surface area contributed by atoms with Gasteiger partial charge in [0.15, 0.2) is 11.6 Å². The van der Waals surface area contributed by atoms with Gasteiger partial charge >= 0.3 is 0 Å². The van der Waals surface area contributed by atoms with Crippen molar-refractivity contribution in [3.63, 3.8) is 0 Å². The lowest BCUT2D eigenvalue weighted by Gasteiger charge is -2.14. The van der Waals surface area contributed by atoms with Crippen LogP contribution < -0.4 is 0 Å². The summed E-state index contributed by atoms with van der Waals surface area (Å²) in [7, 11) is 0. The monoisotopic (exact) mass is 289 g/mol. The molecule has 4 nitrogen and oxygen atoms in total. The van der Waals surface area contributed by atoms with E-state index in [1.54, 1.807) is 0 Å². The number of carbonyl (C=O) groups is 1. The third-order valence-corrected chi connectivity index (χ3v) is 3.84. The van der Waals surface area contributed by atoms with Crippen LogP contribution in [-0.2, 0) is 4.79 Å². The van der Waals surface area contributed by atoms with Crippen LogP contribution in [0.1, 0.15) is 0 Å². The zero-order valence-corrected chi connectivity index (χ0v) is 10.7. The van der Waals surface area contributed by atoms with E-state index >= 15 is 0 Å². The van der Waals surface area contributed by atoms with Crippen molar-refractivity contribution in [2.75, 3.05) is 18.8 Å². The molecule has 0 aliphatic carbocycles. The molecule has 0 saturated carbocycles. The third-order valence-electron chi connectivity index (χ3n) is 2.87. The Morgan fingerprint density at radius 1 is 1.26 bits per heavy atom. The SMILES string of the molecule is O=C(CSc1ccc(F)c(F)c1)N1C[C@@H](O)[C@@H](O)C1. The number of hydrogen-bond acceptors (Lipinski definition) is 4. The van der Waals surface area contributed by atoms with Gasteiger partial charge in [-0.3, -0.25) is 4.79 Å². The van der Waals surface area contributed by atoms with E-state index in [2.05, 4.69) is 0 Å². The molecule has 2 atom stereocenters. The van der Waals surface area contributed by atoms with Crippen molar-refractivity contribution in [3.8, 4) is 0 Å². The molecule has 0 bridgehead atoms. The maximum absolute atomic E-state index is 13.0. The van der Waals surface area contributed by atoms with Gasteiger partial charge in [-0.1, -0.05) is 0 Å². The van der Waals surface area contributed by atoms with E-state index in [0.29, 0.717) is 4.90 Å². The number of aliphatic hydroxyl groups excluding tert-OH is 2. The molecule has 2 N–H and O–H groups in total. The van der Waals surface area contributed by atoms with Crippen molar-refractivity contribution in [1.82, 2.24) is 4.90 Å². The van der Waals surface area contributed by atoms with E-state index < -0.39 is 23.8 Å². The number of likely N-dealkylation sites (tertiary alicyclic amines) is 1. The Labute approximate surface area is 113 Å². The fourth-order valence-corrected chi connectivity index (χ4v) is 2.60. The van der Waals surface area contributed by atoms with Gasteiger partial charge in [0.1, 0.15) is 0 Å². The van der Waals surface area contributed by atoms with Crippen molar-refractivity contribution >= 4 is 17.7 Å². The summed E-state index contributed by atoms with van der Waals surface area (Å²) in [5.41, 5.74) is 0. The van der Waals surface area contributed by atoms with Crippen LogP contribution in [-0.4, -0.2) is 52.1 Å². The second-order valence-corrected chi connectivity index (χ2v) is 5.35. The molecule has 0 unspecified atom stereocenters. The van der Waals surface area contributed by atoms with E-state index in [9.17, 15) is 23.8 Å². The molecule has 1 aromatic carbocycles. The zero-order chi connectivity index (χ0) is 14.0. The first-order valence-electron chi connectivity index (χ1n) is 5.69. The van der Waals surface area contributed by atoms with Crippen molar-refractivity contribution < 1.29 is 23.8 Å². The molecule has 1 amide bonds. The third kappa shape index (κ3) is 3.43. The van der Waals surface area contributed by atoms with E-state index in [0.717, 1.165) is 23.9 Å². The number of benzene rings is 1. The van der Waals surface area contributed by atoms with Crippen molar-refractivity contribution in [2.45, 2.75) is 17.1 Å². The summed E-state index contributed by atoms with van der Waals surface area (Å²) in [5, 5.41) is 18.7. The molecule has 7 heteroatoms. The summed E-state index contributed by atoms with van der Waals surface area (Å²) < 4.78 is 25.7. The molecular weight excluding hydrogens is 276 g/mol. The molecule has 19 heavy (non-hydrogen) atoms. The highest BCUT2D eigenvalue weighted by molar-refractivity contribution is 8.00. The molecule has 1 aromatic rings. The number of nitrogens with zero attached hydrogens (tertiary/aromatic N) is 1. The summed E-state index contributed by atoms with van der Waals surface area (Å²) in [4.78, 5) is 13.6. The average Bonchev–Trinajstić information content (AvgIpc) is 2.71. The minimum absolute atomic E-state index is 0.0461. The summed E-state index contributed by atoms with van der Waals surface area (Å²) in [5.74, 6) is -2.10. The first-order valence-corrected chi connectivity index (χ1v) is 6.67. The maximum atomic E-state index is 13.0. The van der Waals surface area contributed by atoms with Gasteiger partial charge in [-0.05, 0) is 18.2 Å². The van der Waals surface area contributed by atoms with Gasteiger partial charge in [-0.15, -0.1) is 11.8 Å². The number of carbonyl (C=O) groups excluding carboxylic acids is 1. The van der Waals surface area contributed by atoms with Crippen LogP contribution >= 0.6 is 11.8 Å². The Bertz CT molecular complexity index is 476. The normalized spacial score (nSPS) is 22.8. The van der Waals surface area contributed by atoms with Gasteiger partial charge in [-0.25, -0.2) is 8.78 Å². The van der Waals surface area contributed by atoms with Gasteiger partial charge in [-0.2, -0.15) is 0 Å². The molecule has 1 heterocycles. The number of amides is 1. The van der Waals surface area contributed by atoms with Gasteiger partial charge in [0, 0.05) is 18.0 Å². The standard InChI is InChI=1S/C12H13F2NO3S/c13-8-2-1-7(3-9(8)14)19-6-12(18)15-4-10(16)11(17)5-15/h1-3,10-11,16-17H,4-6H2/t10-,11+. The second-order valence-electron chi connectivity index (χ2n) is 4.30. The number of thioether (sulfide) groups is 1. The quantitative estimate of drug-likeness (QED) is 0.801. The Hall–Kier alpha value is -1.18. The average molecular weight is 289 g/mol. The lowest BCUT2D eigenvalue weighted by atomic mass is 10.3. The van der Waals surface area contributed by atoms with Gasteiger partial charge in [0.2, 0.25) is 5.91 Å². The number of rotatable bonds is 3. The van der Waals surface area contributed by atoms with E-state index in [1.807, 2.05) is 0 Å². The van der Waals surface area contributed by atoms with E-state index in [4.69, 9.17) is 0 Å². The van der Waals surface area contributed by atoms with Crippen LogP contribution in [0.3, 0.4) is 0 Å². The predicted molar refractivity (Wildman–Crippen MR) is 65.7 cm³/mol. The van der Waals surface area contributed by atoms with Crippen LogP contribution in [0.2, 0.25) is 0 Å². The Morgan fingerprint density at radius 3 is 2.47 bits per heavy atom. The maximum Gasteiger partial charge on any atom is 0.233 e. The molecule has 1 saturated heterocycles. The van der Waals surface area contributed by atoms with Crippen molar-refractivity contribution in [1.29, 1.82) is 0 Å². The number of aliphatic hydroxyl groups is 2. The molecule has 1 fully saturated rings. The van der Waals surface area contributed by atoms with E-state index in [-0.39, 0.29) is 24.7 Å².